The number of H-pyrrole nitrogens is 1. The Morgan fingerprint density at radius 1 is 1.00 bits per heavy atom. The Labute approximate surface area is 205 Å². The molecule has 1 fully saturated rings. The molecule has 5 heterocycles. The van der Waals surface area contributed by atoms with Crippen LogP contribution in [0.5, 0.6) is 0 Å². The number of piperazine rings is 1. The van der Waals surface area contributed by atoms with Gasteiger partial charge in [0.15, 0.2) is 0 Å². The molecule has 0 radical (unpaired) electrons. The number of hydrogen-bond donors (Lipinski definition) is 1. The number of carbonyl (C=O) groups is 1. The number of para-hydroxylation sites is 1. The number of aromatic nitrogens is 2. The first kappa shape index (κ1) is 21.7. The van der Waals surface area contributed by atoms with Crippen LogP contribution < -0.4 is 10.5 Å². The summed E-state index contributed by atoms with van der Waals surface area (Å²) in [6.45, 7) is 5.18. The van der Waals surface area contributed by atoms with E-state index in [-0.39, 0.29) is 11.5 Å². The van der Waals surface area contributed by atoms with Gasteiger partial charge < -0.3 is 9.88 Å². The van der Waals surface area contributed by atoms with Crippen molar-refractivity contribution in [3.05, 3.63) is 68.9 Å². The van der Waals surface area contributed by atoms with Gasteiger partial charge in [-0.25, -0.2) is 4.98 Å². The normalized spacial score (nSPS) is 16.9. The average molecular weight is 492 g/mol. The van der Waals surface area contributed by atoms with Crippen LogP contribution in [-0.2, 0) is 17.8 Å². The van der Waals surface area contributed by atoms with Crippen molar-refractivity contribution in [2.75, 3.05) is 44.2 Å². The van der Waals surface area contributed by atoms with Crippen LogP contribution in [-0.4, -0.2) is 64.9 Å². The molecule has 2 aliphatic rings. The molecule has 174 valence electrons. The van der Waals surface area contributed by atoms with Gasteiger partial charge in [0.2, 0.25) is 5.91 Å². The maximum atomic E-state index is 12.9. The van der Waals surface area contributed by atoms with Gasteiger partial charge in [0, 0.05) is 54.2 Å². The lowest BCUT2D eigenvalue weighted by molar-refractivity contribution is -0.120. The van der Waals surface area contributed by atoms with Gasteiger partial charge in [0.05, 0.1) is 18.5 Å². The fraction of sp³-hybridized carbons (Fsp3) is 0.320. The highest BCUT2D eigenvalue weighted by molar-refractivity contribution is 7.18. The summed E-state index contributed by atoms with van der Waals surface area (Å²) in [5.74, 6) is 0.879. The van der Waals surface area contributed by atoms with Crippen LogP contribution in [0.15, 0.2) is 52.0 Å². The van der Waals surface area contributed by atoms with Crippen molar-refractivity contribution < 1.29 is 4.79 Å². The zero-order valence-corrected chi connectivity index (χ0v) is 20.3. The van der Waals surface area contributed by atoms with E-state index in [9.17, 15) is 9.59 Å². The predicted octanol–water partition coefficient (Wildman–Crippen LogP) is 3.42. The van der Waals surface area contributed by atoms with E-state index in [0.29, 0.717) is 24.3 Å². The lowest BCUT2D eigenvalue weighted by Crippen LogP contribution is -2.49. The molecular formula is C25H25N5O2S2. The summed E-state index contributed by atoms with van der Waals surface area (Å²) >= 11 is 3.16. The highest BCUT2D eigenvalue weighted by Gasteiger charge is 2.27. The minimum absolute atomic E-state index is 0.0697. The fourth-order valence-electron chi connectivity index (χ4n) is 4.87. The fourth-order valence-corrected chi connectivity index (χ4v) is 6.65. The number of amides is 1. The first-order chi connectivity index (χ1) is 16.7. The number of anilines is 1. The third-order valence-electron chi connectivity index (χ3n) is 6.66. The Morgan fingerprint density at radius 2 is 1.82 bits per heavy atom. The van der Waals surface area contributed by atoms with Crippen molar-refractivity contribution in [1.29, 1.82) is 0 Å². The van der Waals surface area contributed by atoms with Crippen molar-refractivity contribution in [2.24, 2.45) is 0 Å². The Bertz CT molecular complexity index is 1390. The van der Waals surface area contributed by atoms with Crippen molar-refractivity contribution in [3.63, 3.8) is 0 Å². The number of nitrogens with zero attached hydrogens (tertiary/aromatic N) is 4. The number of nitrogens with one attached hydrogen (secondary N) is 1. The Morgan fingerprint density at radius 3 is 2.65 bits per heavy atom. The van der Waals surface area contributed by atoms with Crippen LogP contribution in [0.2, 0.25) is 0 Å². The van der Waals surface area contributed by atoms with Crippen LogP contribution in [0.1, 0.15) is 11.4 Å². The number of thiophene rings is 2. The summed E-state index contributed by atoms with van der Waals surface area (Å²) in [7, 11) is 0. The first-order valence-corrected chi connectivity index (χ1v) is 13.3. The Kier molecular flexibility index (Phi) is 5.78. The molecule has 1 N–H and O–H groups in total. The zero-order valence-electron chi connectivity index (χ0n) is 18.7. The molecule has 0 spiro atoms. The minimum Gasteiger partial charge on any atom is -0.311 e. The summed E-state index contributed by atoms with van der Waals surface area (Å²) in [6, 6.07) is 12.2. The van der Waals surface area contributed by atoms with E-state index in [1.165, 1.54) is 16.9 Å². The number of carbonyl (C=O) groups excluding carboxylic acids is 1. The van der Waals surface area contributed by atoms with Gasteiger partial charge in [0.25, 0.3) is 5.56 Å². The number of aromatic amines is 1. The number of rotatable bonds is 5. The van der Waals surface area contributed by atoms with E-state index >= 15 is 0 Å². The first-order valence-electron chi connectivity index (χ1n) is 11.5. The van der Waals surface area contributed by atoms with Gasteiger partial charge in [-0.05, 0) is 29.5 Å². The van der Waals surface area contributed by atoms with Crippen LogP contribution in [0.25, 0.3) is 20.7 Å². The van der Waals surface area contributed by atoms with Crippen molar-refractivity contribution in [3.8, 4) is 10.4 Å². The van der Waals surface area contributed by atoms with Gasteiger partial charge >= 0.3 is 0 Å². The Balaban J connectivity index is 1.07. The highest BCUT2D eigenvalue weighted by atomic mass is 32.1. The molecule has 0 bridgehead atoms. The van der Waals surface area contributed by atoms with Crippen molar-refractivity contribution >= 4 is 44.5 Å². The maximum Gasteiger partial charge on any atom is 0.260 e. The van der Waals surface area contributed by atoms with E-state index in [4.69, 9.17) is 4.98 Å². The summed E-state index contributed by atoms with van der Waals surface area (Å²) < 4.78 is 0. The maximum absolute atomic E-state index is 12.9. The standard InChI is InChI=1S/C25H25N5O2S2/c31-22(30-8-7-17-4-1-2-5-19(17)30)15-29-11-9-28(10-12-29)14-21-26-24(32)23-18(16-34-25(23)27-21)20-6-3-13-33-20/h1-6,13,16H,7-12,14-15H2,(H,26,27,32). The number of fused-ring (bicyclic) bond motifs is 2. The molecule has 0 unspecified atom stereocenters. The third-order valence-corrected chi connectivity index (χ3v) is 8.44. The molecule has 34 heavy (non-hydrogen) atoms. The summed E-state index contributed by atoms with van der Waals surface area (Å²) in [6.07, 6.45) is 0.935. The van der Waals surface area contributed by atoms with Gasteiger partial charge in [-0.3, -0.25) is 19.4 Å². The van der Waals surface area contributed by atoms with E-state index < -0.39 is 0 Å². The van der Waals surface area contributed by atoms with Gasteiger partial charge in [0.1, 0.15) is 10.7 Å². The number of hydrogen-bond acceptors (Lipinski definition) is 7. The second-order valence-corrected chi connectivity index (χ2v) is 10.6. The van der Waals surface area contributed by atoms with Crippen molar-refractivity contribution in [2.45, 2.75) is 13.0 Å². The van der Waals surface area contributed by atoms with Gasteiger partial charge in [-0.15, -0.1) is 22.7 Å². The molecule has 0 saturated carbocycles. The minimum atomic E-state index is -0.0697. The average Bonchev–Trinajstić information content (AvgIpc) is 3.59. The predicted molar refractivity (Wildman–Crippen MR) is 138 cm³/mol. The molecule has 9 heteroatoms. The van der Waals surface area contributed by atoms with Gasteiger partial charge in [-0.2, -0.15) is 0 Å². The molecule has 2 aliphatic heterocycles. The van der Waals surface area contributed by atoms with E-state index in [1.807, 2.05) is 46.0 Å². The molecular weight excluding hydrogens is 466 g/mol. The summed E-state index contributed by atoms with van der Waals surface area (Å²) in [4.78, 5) is 41.9. The second-order valence-electron chi connectivity index (χ2n) is 8.80. The molecule has 1 amide bonds. The molecule has 6 rings (SSSR count). The lowest BCUT2D eigenvalue weighted by Gasteiger charge is -2.34. The molecule has 1 saturated heterocycles. The molecule has 0 aliphatic carbocycles. The van der Waals surface area contributed by atoms with Gasteiger partial charge in [-0.1, -0.05) is 24.3 Å². The molecule has 4 aromatic rings. The van der Waals surface area contributed by atoms with Crippen LogP contribution in [0.4, 0.5) is 5.69 Å². The molecule has 3 aromatic heterocycles. The van der Waals surface area contributed by atoms with Crippen molar-refractivity contribution in [1.82, 2.24) is 19.8 Å². The molecule has 0 atom stereocenters. The van der Waals surface area contributed by atoms with Crippen LogP contribution in [0, 0.1) is 0 Å². The smallest absolute Gasteiger partial charge is 0.260 e. The summed E-state index contributed by atoms with van der Waals surface area (Å²) in [5.41, 5.74) is 3.22. The largest absolute Gasteiger partial charge is 0.311 e. The summed E-state index contributed by atoms with van der Waals surface area (Å²) in [5, 5.41) is 4.73. The van der Waals surface area contributed by atoms with Crippen LogP contribution >= 0.6 is 22.7 Å². The second kappa shape index (κ2) is 9.07. The number of benzene rings is 1. The topological polar surface area (TPSA) is 72.5 Å². The van der Waals surface area contributed by atoms with E-state index in [1.54, 1.807) is 11.3 Å². The quantitative estimate of drug-likeness (QED) is 0.463. The monoisotopic (exact) mass is 491 g/mol. The van der Waals surface area contributed by atoms with E-state index in [0.717, 1.165) is 60.1 Å². The SMILES string of the molecule is O=C(CN1CCN(Cc2nc3scc(-c4cccs4)c3c(=O)[nH]2)CC1)N1CCc2ccccc21. The molecule has 1 aromatic carbocycles. The zero-order chi connectivity index (χ0) is 23.1. The van der Waals surface area contributed by atoms with E-state index in [2.05, 4.69) is 20.9 Å². The van der Waals surface area contributed by atoms with Crippen LogP contribution in [0.3, 0.4) is 0 Å². The Hall–Kier alpha value is -2.85. The lowest BCUT2D eigenvalue weighted by atomic mass is 10.2. The third kappa shape index (κ3) is 4.09. The highest BCUT2D eigenvalue weighted by Crippen LogP contribution is 2.33. The molecule has 7 nitrogen and oxygen atoms in total.